The van der Waals surface area contributed by atoms with E-state index in [1.165, 1.54) is 31.1 Å². The predicted molar refractivity (Wildman–Crippen MR) is 95.8 cm³/mol. The molecule has 1 saturated heterocycles. The van der Waals surface area contributed by atoms with Gasteiger partial charge in [-0.05, 0) is 17.7 Å². The van der Waals surface area contributed by atoms with E-state index in [4.69, 9.17) is 4.42 Å². The number of furan rings is 1. The molecule has 1 aromatic carbocycles. The van der Waals surface area contributed by atoms with Crippen molar-refractivity contribution < 1.29 is 27.5 Å². The lowest BCUT2D eigenvalue weighted by Gasteiger charge is -2.15. The second-order valence-corrected chi connectivity index (χ2v) is 8.66. The molecule has 1 fully saturated rings. The van der Waals surface area contributed by atoms with Crippen molar-refractivity contribution in [2.45, 2.75) is 11.0 Å². The van der Waals surface area contributed by atoms with Crippen LogP contribution in [-0.2, 0) is 14.8 Å². The molecule has 1 aromatic heterocycles. The highest BCUT2D eigenvalue weighted by Gasteiger charge is 2.41. The van der Waals surface area contributed by atoms with E-state index >= 15 is 0 Å². The molecule has 2 atom stereocenters. The Bertz CT molecular complexity index is 951. The summed E-state index contributed by atoms with van der Waals surface area (Å²) in [5.41, 5.74) is 0.843. The predicted octanol–water partition coefficient (Wildman–Crippen LogP) is 1.47. The molecule has 2 unspecified atom stereocenters. The number of rotatable bonds is 5. The van der Waals surface area contributed by atoms with Gasteiger partial charge in [0.15, 0.2) is 5.76 Å². The summed E-state index contributed by atoms with van der Waals surface area (Å²) >= 11 is 0. The molecular weight excluding hydrogens is 372 g/mol. The molecule has 0 aliphatic carbocycles. The summed E-state index contributed by atoms with van der Waals surface area (Å²) in [6.45, 7) is 0.250. The Hall–Kier alpha value is -2.65. The van der Waals surface area contributed by atoms with Crippen molar-refractivity contribution in [1.29, 1.82) is 0 Å². The SMILES string of the molecule is CN(C)S(=O)(=O)c1ccc(C(=O)N2CC(C(=O)O)C(c3ccccc3)C2)o1. The van der Waals surface area contributed by atoms with Crippen LogP contribution in [0.5, 0.6) is 0 Å². The van der Waals surface area contributed by atoms with E-state index in [1.54, 1.807) is 0 Å². The Morgan fingerprint density at radius 3 is 2.37 bits per heavy atom. The molecule has 0 bridgehead atoms. The van der Waals surface area contributed by atoms with Crippen LogP contribution in [0.2, 0.25) is 0 Å². The third-order valence-corrected chi connectivity index (χ3v) is 6.37. The molecule has 1 aliphatic heterocycles. The van der Waals surface area contributed by atoms with Crippen LogP contribution < -0.4 is 0 Å². The summed E-state index contributed by atoms with van der Waals surface area (Å²) in [7, 11) is -1.06. The Labute approximate surface area is 157 Å². The number of benzene rings is 1. The first-order valence-corrected chi connectivity index (χ1v) is 9.75. The second kappa shape index (κ2) is 7.16. The maximum Gasteiger partial charge on any atom is 0.308 e. The lowest BCUT2D eigenvalue weighted by Crippen LogP contribution is -2.29. The number of carboxylic acids is 1. The third kappa shape index (κ3) is 3.60. The van der Waals surface area contributed by atoms with Gasteiger partial charge in [-0.15, -0.1) is 0 Å². The molecule has 0 saturated carbocycles. The molecule has 27 heavy (non-hydrogen) atoms. The number of carbonyl (C=O) groups is 2. The summed E-state index contributed by atoms with van der Waals surface area (Å²) in [5, 5.41) is 9.21. The Morgan fingerprint density at radius 2 is 1.78 bits per heavy atom. The molecule has 144 valence electrons. The van der Waals surface area contributed by atoms with Crippen LogP contribution in [0.15, 0.2) is 52.0 Å². The number of nitrogens with zero attached hydrogens (tertiary/aromatic N) is 2. The van der Waals surface area contributed by atoms with E-state index < -0.39 is 27.8 Å². The highest BCUT2D eigenvalue weighted by Crippen LogP contribution is 2.34. The van der Waals surface area contributed by atoms with Crippen molar-refractivity contribution in [3.63, 3.8) is 0 Å². The number of aliphatic carboxylic acids is 1. The number of hydrogen-bond donors (Lipinski definition) is 1. The fourth-order valence-electron chi connectivity index (χ4n) is 3.17. The maximum absolute atomic E-state index is 12.7. The summed E-state index contributed by atoms with van der Waals surface area (Å²) in [4.78, 5) is 25.8. The molecule has 0 spiro atoms. The number of likely N-dealkylation sites (tertiary alicyclic amines) is 1. The number of sulfonamides is 1. The van der Waals surface area contributed by atoms with Crippen molar-refractivity contribution in [3.8, 4) is 0 Å². The van der Waals surface area contributed by atoms with Gasteiger partial charge in [0, 0.05) is 33.1 Å². The van der Waals surface area contributed by atoms with Gasteiger partial charge in [0.05, 0.1) is 5.92 Å². The minimum atomic E-state index is -3.79. The largest absolute Gasteiger partial charge is 0.481 e. The third-order valence-electron chi connectivity index (χ3n) is 4.68. The molecule has 9 heteroatoms. The zero-order valence-corrected chi connectivity index (χ0v) is 15.7. The summed E-state index contributed by atoms with van der Waals surface area (Å²) < 4.78 is 30.4. The van der Waals surface area contributed by atoms with Crippen molar-refractivity contribution in [3.05, 3.63) is 53.8 Å². The van der Waals surface area contributed by atoms with Crippen LogP contribution in [-0.4, -0.2) is 61.8 Å². The standard InChI is InChI=1S/C18H20N2O6S/c1-19(2)27(24,25)16-9-8-15(26-16)17(21)20-10-13(14(11-20)18(22)23)12-6-4-3-5-7-12/h3-9,13-14H,10-11H2,1-2H3,(H,22,23). The van der Waals surface area contributed by atoms with Gasteiger partial charge in [-0.1, -0.05) is 30.3 Å². The molecule has 2 heterocycles. The lowest BCUT2D eigenvalue weighted by molar-refractivity contribution is -0.141. The fourth-order valence-corrected chi connectivity index (χ4v) is 3.96. The van der Waals surface area contributed by atoms with Crippen LogP contribution in [0.3, 0.4) is 0 Å². The van der Waals surface area contributed by atoms with Gasteiger partial charge in [0.25, 0.3) is 15.9 Å². The van der Waals surface area contributed by atoms with Gasteiger partial charge in [-0.2, -0.15) is 0 Å². The highest BCUT2D eigenvalue weighted by atomic mass is 32.2. The summed E-state index contributed by atoms with van der Waals surface area (Å²) in [6.07, 6.45) is 0. The van der Waals surface area contributed by atoms with Gasteiger partial charge in [0.1, 0.15) is 0 Å². The quantitative estimate of drug-likeness (QED) is 0.826. The number of carbonyl (C=O) groups excluding carboxylic acids is 1. The summed E-state index contributed by atoms with van der Waals surface area (Å²) in [5.74, 6) is -2.72. The zero-order valence-electron chi connectivity index (χ0n) is 14.9. The van der Waals surface area contributed by atoms with Crippen molar-refractivity contribution in [1.82, 2.24) is 9.21 Å². The van der Waals surface area contributed by atoms with Crippen molar-refractivity contribution in [2.75, 3.05) is 27.2 Å². The Balaban J connectivity index is 1.84. The van der Waals surface area contributed by atoms with Crippen molar-refractivity contribution in [2.24, 2.45) is 5.92 Å². The smallest absolute Gasteiger partial charge is 0.308 e. The second-order valence-electron chi connectivity index (χ2n) is 6.58. The molecule has 1 amide bonds. The van der Waals surface area contributed by atoms with E-state index in [1.807, 2.05) is 30.3 Å². The first-order chi connectivity index (χ1) is 12.7. The van der Waals surface area contributed by atoms with E-state index in [0.29, 0.717) is 0 Å². The normalized spacial score (nSPS) is 20.2. The molecule has 8 nitrogen and oxygen atoms in total. The summed E-state index contributed by atoms with van der Waals surface area (Å²) in [6, 6.07) is 11.7. The fraction of sp³-hybridized carbons (Fsp3) is 0.333. The van der Waals surface area contributed by atoms with Gasteiger partial charge >= 0.3 is 5.97 Å². The highest BCUT2D eigenvalue weighted by molar-refractivity contribution is 7.88. The van der Waals surface area contributed by atoms with Crippen LogP contribution in [0.4, 0.5) is 0 Å². The minimum Gasteiger partial charge on any atom is -0.481 e. The minimum absolute atomic E-state index is 0.0319. The van der Waals surface area contributed by atoms with Gasteiger partial charge in [-0.3, -0.25) is 9.59 Å². The van der Waals surface area contributed by atoms with Gasteiger partial charge in [0.2, 0.25) is 5.09 Å². The molecule has 2 aromatic rings. The first-order valence-electron chi connectivity index (χ1n) is 8.31. The Kier molecular flexibility index (Phi) is 5.07. The number of hydrogen-bond acceptors (Lipinski definition) is 5. The molecule has 3 rings (SSSR count). The molecule has 1 aliphatic rings. The maximum atomic E-state index is 12.7. The molecule has 1 N–H and O–H groups in total. The topological polar surface area (TPSA) is 108 Å². The monoisotopic (exact) mass is 392 g/mol. The average molecular weight is 392 g/mol. The van der Waals surface area contributed by atoms with E-state index in [2.05, 4.69) is 0 Å². The Morgan fingerprint density at radius 1 is 1.11 bits per heavy atom. The van der Waals surface area contributed by atoms with Gasteiger partial charge in [-0.25, -0.2) is 12.7 Å². The van der Waals surface area contributed by atoms with Crippen LogP contribution >= 0.6 is 0 Å². The first kappa shape index (κ1) is 19.1. The number of amides is 1. The van der Waals surface area contributed by atoms with Crippen LogP contribution in [0, 0.1) is 5.92 Å². The van der Waals surface area contributed by atoms with E-state index in [9.17, 15) is 23.1 Å². The lowest BCUT2D eigenvalue weighted by atomic mass is 9.89. The number of carboxylic acid groups (broad SMARTS) is 1. The average Bonchev–Trinajstić information content (AvgIpc) is 3.29. The van der Waals surface area contributed by atoms with Crippen molar-refractivity contribution >= 4 is 21.9 Å². The van der Waals surface area contributed by atoms with Crippen LogP contribution in [0.1, 0.15) is 22.0 Å². The van der Waals surface area contributed by atoms with Crippen LogP contribution in [0.25, 0.3) is 0 Å². The van der Waals surface area contributed by atoms with E-state index in [0.717, 1.165) is 9.87 Å². The zero-order chi connectivity index (χ0) is 19.8. The molecule has 0 radical (unpaired) electrons. The van der Waals surface area contributed by atoms with Gasteiger partial charge < -0.3 is 14.4 Å². The molecular formula is C18H20N2O6S. The van der Waals surface area contributed by atoms with E-state index in [-0.39, 0.29) is 29.9 Å².